The molecule has 3 N–H and O–H groups in total. The minimum Gasteiger partial charge on any atom is -0.339 e. The summed E-state index contributed by atoms with van der Waals surface area (Å²) in [7, 11) is 0. The van der Waals surface area contributed by atoms with Gasteiger partial charge >= 0.3 is 0 Å². The minimum absolute atomic E-state index is 0.615. The molecule has 1 saturated heterocycles. The summed E-state index contributed by atoms with van der Waals surface area (Å²) in [5.74, 6) is 6.72. The van der Waals surface area contributed by atoms with Crippen LogP contribution in [-0.2, 0) is 6.42 Å². The van der Waals surface area contributed by atoms with Crippen LogP contribution in [0.2, 0.25) is 0 Å². The molecule has 3 heteroatoms. The number of nitrogens with zero attached hydrogens (tertiary/aromatic N) is 1. The lowest BCUT2D eigenvalue weighted by Gasteiger charge is -2.36. The SMILES string of the molecule is Nn1cc2c3c(cccc31)C1CCCNC1C2. The van der Waals surface area contributed by atoms with Crippen molar-refractivity contribution in [2.24, 2.45) is 0 Å². The topological polar surface area (TPSA) is 43.0 Å². The van der Waals surface area contributed by atoms with E-state index in [1.807, 2.05) is 0 Å². The van der Waals surface area contributed by atoms with E-state index in [0.29, 0.717) is 12.0 Å². The monoisotopic (exact) mass is 227 g/mol. The molecule has 2 heterocycles. The lowest BCUT2D eigenvalue weighted by Crippen LogP contribution is -2.43. The van der Waals surface area contributed by atoms with Gasteiger partial charge in [-0.2, -0.15) is 0 Å². The summed E-state index contributed by atoms with van der Waals surface area (Å²) in [4.78, 5) is 0. The maximum absolute atomic E-state index is 6.03. The fraction of sp³-hybridized carbons (Fsp3) is 0.429. The first kappa shape index (κ1) is 9.54. The van der Waals surface area contributed by atoms with Crippen LogP contribution in [0.15, 0.2) is 24.4 Å². The van der Waals surface area contributed by atoms with Gasteiger partial charge < -0.3 is 11.2 Å². The molecule has 3 nitrogen and oxygen atoms in total. The number of hydrogen-bond acceptors (Lipinski definition) is 2. The Balaban J connectivity index is 2.00. The van der Waals surface area contributed by atoms with Gasteiger partial charge in [0.25, 0.3) is 0 Å². The number of nitrogen functional groups attached to an aromatic ring is 1. The van der Waals surface area contributed by atoms with Crippen LogP contribution in [0.25, 0.3) is 10.9 Å². The number of nitrogens with one attached hydrogen (secondary N) is 1. The van der Waals surface area contributed by atoms with Gasteiger partial charge in [0.05, 0.1) is 5.52 Å². The maximum atomic E-state index is 6.03. The van der Waals surface area contributed by atoms with Crippen LogP contribution < -0.4 is 11.2 Å². The highest BCUT2D eigenvalue weighted by atomic mass is 15.3. The lowest BCUT2D eigenvalue weighted by atomic mass is 9.76. The fourth-order valence-electron chi connectivity index (χ4n) is 3.66. The summed E-state index contributed by atoms with van der Waals surface area (Å²) < 4.78 is 1.78. The third kappa shape index (κ3) is 1.20. The quantitative estimate of drug-likeness (QED) is 0.673. The first-order chi connectivity index (χ1) is 8.34. The van der Waals surface area contributed by atoms with Crippen molar-refractivity contribution >= 4 is 10.9 Å². The van der Waals surface area contributed by atoms with E-state index in [1.165, 1.54) is 34.9 Å². The van der Waals surface area contributed by atoms with Crippen molar-refractivity contribution in [1.29, 1.82) is 0 Å². The predicted molar refractivity (Wildman–Crippen MR) is 69.6 cm³/mol. The first-order valence-corrected chi connectivity index (χ1v) is 6.46. The second-order valence-electron chi connectivity index (χ2n) is 5.32. The Morgan fingerprint density at radius 1 is 1.35 bits per heavy atom. The van der Waals surface area contributed by atoms with E-state index in [2.05, 4.69) is 29.7 Å². The van der Waals surface area contributed by atoms with E-state index in [4.69, 9.17) is 5.84 Å². The molecule has 2 aliphatic rings. The Labute approximate surface area is 101 Å². The van der Waals surface area contributed by atoms with E-state index in [-0.39, 0.29) is 0 Å². The zero-order valence-corrected chi connectivity index (χ0v) is 9.82. The van der Waals surface area contributed by atoms with Gasteiger partial charge in [-0.15, -0.1) is 0 Å². The van der Waals surface area contributed by atoms with Gasteiger partial charge in [0.1, 0.15) is 0 Å². The first-order valence-electron chi connectivity index (χ1n) is 6.46. The molecule has 1 aromatic carbocycles. The molecule has 0 spiro atoms. The number of benzene rings is 1. The van der Waals surface area contributed by atoms with Gasteiger partial charge in [0.15, 0.2) is 0 Å². The fourth-order valence-corrected chi connectivity index (χ4v) is 3.66. The Kier molecular flexibility index (Phi) is 1.83. The molecule has 1 aromatic heterocycles. The van der Waals surface area contributed by atoms with Crippen LogP contribution in [0.3, 0.4) is 0 Å². The Hall–Kier alpha value is -1.48. The highest BCUT2D eigenvalue weighted by Crippen LogP contribution is 2.40. The van der Waals surface area contributed by atoms with Crippen LogP contribution in [0.4, 0.5) is 0 Å². The molecule has 0 radical (unpaired) electrons. The van der Waals surface area contributed by atoms with E-state index in [0.717, 1.165) is 13.0 Å². The summed E-state index contributed by atoms with van der Waals surface area (Å²) in [5, 5.41) is 5.08. The number of nitrogens with two attached hydrogens (primary N) is 1. The average molecular weight is 227 g/mol. The van der Waals surface area contributed by atoms with Crippen molar-refractivity contribution in [1.82, 2.24) is 9.99 Å². The van der Waals surface area contributed by atoms with Crippen molar-refractivity contribution in [3.05, 3.63) is 35.5 Å². The average Bonchev–Trinajstić information content (AvgIpc) is 2.68. The van der Waals surface area contributed by atoms with Crippen LogP contribution in [0.1, 0.15) is 29.9 Å². The highest BCUT2D eigenvalue weighted by molar-refractivity contribution is 5.89. The number of piperidine rings is 1. The van der Waals surface area contributed by atoms with E-state index in [1.54, 1.807) is 4.68 Å². The van der Waals surface area contributed by atoms with Crippen LogP contribution >= 0.6 is 0 Å². The van der Waals surface area contributed by atoms with Crippen LogP contribution in [0.5, 0.6) is 0 Å². The Morgan fingerprint density at radius 3 is 3.24 bits per heavy atom. The highest BCUT2D eigenvalue weighted by Gasteiger charge is 2.33. The van der Waals surface area contributed by atoms with Crippen molar-refractivity contribution in [2.75, 3.05) is 12.4 Å². The van der Waals surface area contributed by atoms with Gasteiger partial charge in [0.2, 0.25) is 0 Å². The zero-order valence-electron chi connectivity index (χ0n) is 9.82. The van der Waals surface area contributed by atoms with Gasteiger partial charge in [-0.3, -0.25) is 4.68 Å². The molecular formula is C14H17N3. The molecule has 0 saturated carbocycles. The van der Waals surface area contributed by atoms with Crippen LogP contribution in [-0.4, -0.2) is 17.3 Å². The van der Waals surface area contributed by atoms with E-state index < -0.39 is 0 Å². The normalized spacial score (nSPS) is 27.1. The number of aromatic nitrogens is 1. The summed E-state index contributed by atoms with van der Waals surface area (Å²) in [5.41, 5.74) is 4.10. The van der Waals surface area contributed by atoms with Crippen LogP contribution in [0, 0.1) is 0 Å². The van der Waals surface area contributed by atoms with Crippen molar-refractivity contribution in [3.63, 3.8) is 0 Å². The summed E-state index contributed by atoms with van der Waals surface area (Å²) in [6, 6.07) is 7.17. The standard InChI is InChI=1S/C14H17N3/c15-17-8-9-7-12-10(4-2-6-16-12)11-3-1-5-13(17)14(9)11/h1,3,5,8,10,12,16H,2,4,6-7,15H2. The maximum Gasteiger partial charge on any atom is 0.0695 e. The number of rotatable bonds is 0. The molecule has 4 rings (SSSR count). The third-order valence-corrected chi connectivity index (χ3v) is 4.39. The number of fused-ring (bicyclic) bond motifs is 2. The third-order valence-electron chi connectivity index (χ3n) is 4.39. The molecule has 0 amide bonds. The molecule has 2 aromatic rings. The molecule has 0 bridgehead atoms. The second kappa shape index (κ2) is 3.26. The Bertz CT molecular complexity index is 584. The van der Waals surface area contributed by atoms with Crippen molar-refractivity contribution in [2.45, 2.75) is 31.2 Å². The lowest BCUT2D eigenvalue weighted by molar-refractivity contribution is 0.345. The number of hydrogen-bond donors (Lipinski definition) is 2. The van der Waals surface area contributed by atoms with Gasteiger partial charge in [0, 0.05) is 23.5 Å². The van der Waals surface area contributed by atoms with E-state index in [9.17, 15) is 0 Å². The molecular weight excluding hydrogens is 210 g/mol. The summed E-state index contributed by atoms with van der Waals surface area (Å²) >= 11 is 0. The second-order valence-corrected chi connectivity index (χ2v) is 5.32. The Morgan fingerprint density at radius 2 is 2.29 bits per heavy atom. The minimum atomic E-state index is 0.615. The van der Waals surface area contributed by atoms with Gasteiger partial charge in [-0.25, -0.2) is 0 Å². The molecule has 1 fully saturated rings. The van der Waals surface area contributed by atoms with Gasteiger partial charge in [-0.05, 0) is 43.0 Å². The molecule has 17 heavy (non-hydrogen) atoms. The van der Waals surface area contributed by atoms with Crippen molar-refractivity contribution in [3.8, 4) is 0 Å². The van der Waals surface area contributed by atoms with Crippen molar-refractivity contribution < 1.29 is 0 Å². The zero-order chi connectivity index (χ0) is 11.4. The molecule has 1 aliphatic heterocycles. The van der Waals surface area contributed by atoms with Gasteiger partial charge in [-0.1, -0.05) is 12.1 Å². The molecule has 2 atom stereocenters. The van der Waals surface area contributed by atoms with E-state index >= 15 is 0 Å². The summed E-state index contributed by atoms with van der Waals surface area (Å²) in [6.45, 7) is 1.16. The predicted octanol–water partition coefficient (Wildman–Crippen LogP) is 1.75. The molecule has 1 aliphatic carbocycles. The smallest absolute Gasteiger partial charge is 0.0695 e. The molecule has 2 unspecified atom stereocenters. The largest absolute Gasteiger partial charge is 0.339 e. The molecule has 88 valence electrons. The summed E-state index contributed by atoms with van der Waals surface area (Å²) in [6.07, 6.45) is 5.82.